The fraction of sp³-hybridized carbons (Fsp3) is 0.875. The summed E-state index contributed by atoms with van der Waals surface area (Å²) in [6.07, 6.45) is 4.75. The van der Waals surface area contributed by atoms with Gasteiger partial charge in [-0.05, 0) is 63.2 Å². The highest BCUT2D eigenvalue weighted by molar-refractivity contribution is 6.01. The molecule has 0 aromatic rings. The normalized spacial score (nSPS) is 27.4. The van der Waals surface area contributed by atoms with E-state index in [-0.39, 0.29) is 30.1 Å². The zero-order chi connectivity index (χ0) is 15.3. The molecule has 118 valence electrons. The van der Waals surface area contributed by atoms with Gasteiger partial charge in [-0.3, -0.25) is 9.59 Å². The van der Waals surface area contributed by atoms with Gasteiger partial charge >= 0.3 is 11.9 Å². The average molecular weight is 296 g/mol. The number of rotatable bonds is 4. The van der Waals surface area contributed by atoms with Gasteiger partial charge in [0, 0.05) is 0 Å². The van der Waals surface area contributed by atoms with Crippen LogP contribution in [0.25, 0.3) is 0 Å². The van der Waals surface area contributed by atoms with Crippen molar-refractivity contribution in [2.45, 2.75) is 58.5 Å². The van der Waals surface area contributed by atoms with Crippen LogP contribution in [0.15, 0.2) is 0 Å². The quantitative estimate of drug-likeness (QED) is 0.633. The van der Waals surface area contributed by atoms with Crippen molar-refractivity contribution in [2.24, 2.45) is 16.2 Å². The number of carbonyl (C=O) groups is 2. The summed E-state index contributed by atoms with van der Waals surface area (Å²) in [5, 5.41) is 9.48. The van der Waals surface area contributed by atoms with E-state index in [1.165, 1.54) is 0 Å². The molecule has 0 amide bonds. The molecule has 0 aromatic heterocycles. The van der Waals surface area contributed by atoms with Gasteiger partial charge in [-0.1, -0.05) is 0 Å². The monoisotopic (exact) mass is 296 g/mol. The lowest BCUT2D eigenvalue weighted by molar-refractivity contribution is -0.236. The van der Waals surface area contributed by atoms with Gasteiger partial charge in [0.2, 0.25) is 0 Å². The van der Waals surface area contributed by atoms with Gasteiger partial charge in [0.1, 0.15) is 0 Å². The van der Waals surface area contributed by atoms with Gasteiger partial charge in [0.15, 0.2) is 5.41 Å². The molecule has 0 aromatic carbocycles. The predicted molar refractivity (Wildman–Crippen MR) is 74.3 cm³/mol. The molecule has 3 aliphatic rings. The van der Waals surface area contributed by atoms with Gasteiger partial charge in [-0.15, -0.1) is 0 Å². The van der Waals surface area contributed by atoms with Crippen LogP contribution in [0.1, 0.15) is 52.4 Å². The predicted octanol–water partition coefficient (Wildman–Crippen LogP) is 1.81. The molecular weight excluding hydrogens is 272 g/mol. The molecule has 2 spiro atoms. The summed E-state index contributed by atoms with van der Waals surface area (Å²) in [7, 11) is 0. The minimum atomic E-state index is -1.07. The van der Waals surface area contributed by atoms with E-state index in [0.717, 1.165) is 25.7 Å². The molecule has 3 saturated carbocycles. The Hall–Kier alpha value is -1.10. The van der Waals surface area contributed by atoms with Gasteiger partial charge in [-0.25, -0.2) is 0 Å². The molecule has 3 aliphatic carbocycles. The molecule has 0 unspecified atom stereocenters. The zero-order valence-corrected chi connectivity index (χ0v) is 12.8. The van der Waals surface area contributed by atoms with E-state index < -0.39 is 17.4 Å². The summed E-state index contributed by atoms with van der Waals surface area (Å²) in [4.78, 5) is 24.5. The van der Waals surface area contributed by atoms with Gasteiger partial charge in [0.05, 0.1) is 19.3 Å². The standard InChI is InChI=1S/C16H24O5/c1-3-20-12(18)16(13(19)21-4-2)9-15(10-16)7-14(8-15)5-11(17)6-14/h11,17H,3-10H2,1-2H3. The van der Waals surface area contributed by atoms with E-state index in [1.807, 2.05) is 0 Å². The lowest BCUT2D eigenvalue weighted by atomic mass is 9.34. The SMILES string of the molecule is CCOC(=O)C1(C(=O)OCC)CC2(CC3(CC(O)C3)C2)C1. The van der Waals surface area contributed by atoms with Crippen molar-refractivity contribution >= 4 is 11.9 Å². The highest BCUT2D eigenvalue weighted by Gasteiger charge is 2.72. The van der Waals surface area contributed by atoms with Crippen molar-refractivity contribution in [3.63, 3.8) is 0 Å². The van der Waals surface area contributed by atoms with Crippen LogP contribution < -0.4 is 0 Å². The van der Waals surface area contributed by atoms with Crippen molar-refractivity contribution in [2.75, 3.05) is 13.2 Å². The Morgan fingerprint density at radius 3 is 1.81 bits per heavy atom. The third kappa shape index (κ3) is 2.08. The Kier molecular flexibility index (Phi) is 3.32. The van der Waals surface area contributed by atoms with Crippen LogP contribution in [0.3, 0.4) is 0 Å². The van der Waals surface area contributed by atoms with E-state index in [2.05, 4.69) is 0 Å². The lowest BCUT2D eigenvalue weighted by Crippen LogP contribution is -2.66. The number of ether oxygens (including phenoxy) is 2. The van der Waals surface area contributed by atoms with Crippen molar-refractivity contribution in [3.05, 3.63) is 0 Å². The molecule has 3 rings (SSSR count). The maximum Gasteiger partial charge on any atom is 0.323 e. The lowest BCUT2D eigenvalue weighted by Gasteiger charge is -2.69. The Bertz CT molecular complexity index is 427. The van der Waals surface area contributed by atoms with Crippen LogP contribution >= 0.6 is 0 Å². The van der Waals surface area contributed by atoms with Gasteiger partial charge < -0.3 is 14.6 Å². The average Bonchev–Trinajstić information content (AvgIpc) is 2.29. The minimum absolute atomic E-state index is 0.0969. The Morgan fingerprint density at radius 2 is 1.43 bits per heavy atom. The molecule has 21 heavy (non-hydrogen) atoms. The highest BCUT2D eigenvalue weighted by Crippen LogP contribution is 2.75. The molecular formula is C16H24O5. The first-order valence-corrected chi connectivity index (χ1v) is 7.92. The van der Waals surface area contributed by atoms with Crippen molar-refractivity contribution in [1.29, 1.82) is 0 Å². The van der Waals surface area contributed by atoms with Gasteiger partial charge in [-0.2, -0.15) is 0 Å². The minimum Gasteiger partial charge on any atom is -0.465 e. The summed E-state index contributed by atoms with van der Waals surface area (Å²) in [5.41, 5.74) is -0.690. The number of carbonyl (C=O) groups excluding carboxylic acids is 2. The second kappa shape index (κ2) is 4.70. The van der Waals surface area contributed by atoms with Crippen LogP contribution in [-0.4, -0.2) is 36.4 Å². The number of hydrogen-bond acceptors (Lipinski definition) is 5. The molecule has 0 atom stereocenters. The third-order valence-corrected chi connectivity index (χ3v) is 5.52. The molecule has 0 radical (unpaired) electrons. The first-order chi connectivity index (χ1) is 9.89. The summed E-state index contributed by atoms with van der Waals surface area (Å²) in [6, 6.07) is 0. The second-order valence-corrected chi connectivity index (χ2v) is 7.29. The first-order valence-electron chi connectivity index (χ1n) is 7.92. The number of hydrogen-bond donors (Lipinski definition) is 1. The largest absolute Gasteiger partial charge is 0.465 e. The van der Waals surface area contributed by atoms with Crippen LogP contribution in [0.5, 0.6) is 0 Å². The van der Waals surface area contributed by atoms with Crippen LogP contribution in [0.2, 0.25) is 0 Å². The molecule has 0 aliphatic heterocycles. The van der Waals surface area contributed by atoms with E-state index in [9.17, 15) is 14.7 Å². The Labute approximate surface area is 125 Å². The number of aliphatic hydroxyl groups excluding tert-OH is 1. The molecule has 0 heterocycles. The van der Waals surface area contributed by atoms with Crippen LogP contribution in [0, 0.1) is 16.2 Å². The molecule has 0 saturated heterocycles. The molecule has 1 N–H and O–H groups in total. The summed E-state index contributed by atoms with van der Waals surface area (Å²) < 4.78 is 10.2. The molecule has 0 bridgehead atoms. The topological polar surface area (TPSA) is 72.8 Å². The van der Waals surface area contributed by atoms with Crippen LogP contribution in [-0.2, 0) is 19.1 Å². The first kappa shape index (κ1) is 14.8. The Morgan fingerprint density at radius 1 is 0.952 bits per heavy atom. The summed E-state index contributed by atoms with van der Waals surface area (Å²) in [5.74, 6) is -0.854. The molecule has 3 fully saturated rings. The van der Waals surface area contributed by atoms with E-state index in [4.69, 9.17) is 9.47 Å². The second-order valence-electron chi connectivity index (χ2n) is 7.29. The van der Waals surface area contributed by atoms with Crippen molar-refractivity contribution < 1.29 is 24.2 Å². The number of esters is 2. The van der Waals surface area contributed by atoms with Crippen molar-refractivity contribution in [3.8, 4) is 0 Å². The van der Waals surface area contributed by atoms with Crippen molar-refractivity contribution in [1.82, 2.24) is 0 Å². The maximum atomic E-state index is 12.2. The number of aliphatic hydroxyl groups is 1. The maximum absolute atomic E-state index is 12.2. The van der Waals surface area contributed by atoms with E-state index in [0.29, 0.717) is 12.8 Å². The summed E-state index contributed by atoms with van der Waals surface area (Å²) in [6.45, 7) is 4.06. The third-order valence-electron chi connectivity index (χ3n) is 5.52. The zero-order valence-electron chi connectivity index (χ0n) is 12.8. The van der Waals surface area contributed by atoms with E-state index >= 15 is 0 Å². The van der Waals surface area contributed by atoms with E-state index in [1.54, 1.807) is 13.8 Å². The molecule has 5 nitrogen and oxygen atoms in total. The Balaban J connectivity index is 1.66. The van der Waals surface area contributed by atoms with Gasteiger partial charge in [0.25, 0.3) is 0 Å². The highest BCUT2D eigenvalue weighted by atomic mass is 16.6. The van der Waals surface area contributed by atoms with Crippen LogP contribution in [0.4, 0.5) is 0 Å². The fourth-order valence-corrected chi connectivity index (χ4v) is 5.16. The fourth-order valence-electron chi connectivity index (χ4n) is 5.16. The molecule has 5 heteroatoms. The smallest absolute Gasteiger partial charge is 0.323 e. The summed E-state index contributed by atoms with van der Waals surface area (Å²) >= 11 is 0.